The first-order valence-corrected chi connectivity index (χ1v) is 10.9. The summed E-state index contributed by atoms with van der Waals surface area (Å²) in [7, 11) is 0. The standard InChI is InChI=1S/C21H33N3O/c22-24(21-10-16-4-17(11-21)6-18(5-16)12-21)19(25)23-20-7-13-1-14(8-20)3-15(2-13)9-20/h13-18H,1-12,22H2,(H,23,25). The Morgan fingerprint density at radius 3 is 1.48 bits per heavy atom. The predicted molar refractivity (Wildman–Crippen MR) is 96.4 cm³/mol. The largest absolute Gasteiger partial charge is 0.332 e. The number of carbonyl (C=O) groups excluding carboxylic acids is 1. The molecule has 0 saturated heterocycles. The van der Waals surface area contributed by atoms with E-state index in [4.69, 9.17) is 5.84 Å². The van der Waals surface area contributed by atoms with Crippen LogP contribution in [0, 0.1) is 35.5 Å². The van der Waals surface area contributed by atoms with E-state index in [0.29, 0.717) is 0 Å². The molecule has 2 amide bonds. The van der Waals surface area contributed by atoms with E-state index in [1.165, 1.54) is 57.8 Å². The van der Waals surface area contributed by atoms with Gasteiger partial charge in [0, 0.05) is 5.54 Å². The Bertz CT molecular complexity index is 529. The van der Waals surface area contributed by atoms with Gasteiger partial charge in [0.1, 0.15) is 0 Å². The summed E-state index contributed by atoms with van der Waals surface area (Å²) in [5.41, 5.74) is 0.0485. The Morgan fingerprint density at radius 1 is 0.720 bits per heavy atom. The minimum atomic E-state index is -0.0267. The molecule has 8 bridgehead atoms. The lowest BCUT2D eigenvalue weighted by molar-refractivity contribution is -0.0753. The van der Waals surface area contributed by atoms with Gasteiger partial charge in [-0.1, -0.05) is 0 Å². The number of nitrogens with two attached hydrogens (primary N) is 1. The topological polar surface area (TPSA) is 58.4 Å². The Hall–Kier alpha value is -0.770. The maximum atomic E-state index is 13.2. The SMILES string of the molecule is NN(C(=O)NC12CC3CC(CC(C3)C1)C2)C12CC3CC(CC(C3)C1)C2. The van der Waals surface area contributed by atoms with Crippen molar-refractivity contribution >= 4 is 6.03 Å². The molecule has 8 rings (SSSR count). The van der Waals surface area contributed by atoms with Crippen LogP contribution in [0.3, 0.4) is 0 Å². The first-order valence-electron chi connectivity index (χ1n) is 10.9. The summed E-state index contributed by atoms with van der Waals surface area (Å²) in [5, 5.41) is 5.22. The van der Waals surface area contributed by atoms with Crippen molar-refractivity contribution in [1.82, 2.24) is 10.3 Å². The van der Waals surface area contributed by atoms with Crippen LogP contribution in [0.25, 0.3) is 0 Å². The van der Waals surface area contributed by atoms with Gasteiger partial charge < -0.3 is 5.32 Å². The number of nitrogens with zero attached hydrogens (tertiary/aromatic N) is 1. The Kier molecular flexibility index (Phi) is 3.02. The van der Waals surface area contributed by atoms with Crippen molar-refractivity contribution in [2.24, 2.45) is 41.4 Å². The molecule has 4 nitrogen and oxygen atoms in total. The second-order valence-electron chi connectivity index (χ2n) is 11.1. The smallest absolute Gasteiger partial charge is 0.331 e. The highest BCUT2D eigenvalue weighted by atomic mass is 16.2. The van der Waals surface area contributed by atoms with Crippen LogP contribution < -0.4 is 11.2 Å². The van der Waals surface area contributed by atoms with Crippen LogP contribution in [0.4, 0.5) is 4.79 Å². The van der Waals surface area contributed by atoms with E-state index < -0.39 is 0 Å². The number of amides is 2. The first kappa shape index (κ1) is 15.3. The molecule has 0 unspecified atom stereocenters. The fourth-order valence-corrected chi connectivity index (χ4v) is 9.13. The van der Waals surface area contributed by atoms with Gasteiger partial charge in [-0.25, -0.2) is 10.6 Å². The van der Waals surface area contributed by atoms with Crippen LogP contribution in [0.2, 0.25) is 0 Å². The molecule has 0 aromatic carbocycles. The van der Waals surface area contributed by atoms with E-state index in [-0.39, 0.29) is 17.1 Å². The first-order chi connectivity index (χ1) is 12.0. The van der Waals surface area contributed by atoms with E-state index in [0.717, 1.165) is 54.8 Å². The lowest BCUT2D eigenvalue weighted by Crippen LogP contribution is -2.69. The molecule has 0 heterocycles. The van der Waals surface area contributed by atoms with E-state index in [1.807, 2.05) is 0 Å². The van der Waals surface area contributed by atoms with Gasteiger partial charge in [0.25, 0.3) is 0 Å². The average Bonchev–Trinajstić information content (AvgIpc) is 2.51. The fraction of sp³-hybridized carbons (Fsp3) is 0.952. The Balaban J connectivity index is 1.21. The van der Waals surface area contributed by atoms with E-state index >= 15 is 0 Å². The zero-order valence-electron chi connectivity index (χ0n) is 15.4. The summed E-state index contributed by atoms with van der Waals surface area (Å²) in [5.74, 6) is 11.6. The molecule has 3 N–H and O–H groups in total. The average molecular weight is 344 g/mol. The Labute approximate surface area is 151 Å². The number of hydrazine groups is 1. The van der Waals surface area contributed by atoms with Gasteiger partial charge in [-0.3, -0.25) is 5.01 Å². The van der Waals surface area contributed by atoms with Gasteiger partial charge in [0.2, 0.25) is 0 Å². The molecule has 0 aromatic heterocycles. The fourth-order valence-electron chi connectivity index (χ4n) is 9.13. The van der Waals surface area contributed by atoms with Crippen molar-refractivity contribution < 1.29 is 4.79 Å². The highest BCUT2D eigenvalue weighted by Gasteiger charge is 2.56. The summed E-state index contributed by atoms with van der Waals surface area (Å²) < 4.78 is 0. The molecule has 4 heteroatoms. The molecule has 138 valence electrons. The van der Waals surface area contributed by atoms with Gasteiger partial charge in [-0.05, 0) is 113 Å². The molecule has 8 saturated carbocycles. The molecule has 0 atom stereocenters. The third kappa shape index (κ3) is 2.25. The Morgan fingerprint density at radius 2 is 1.08 bits per heavy atom. The van der Waals surface area contributed by atoms with Crippen LogP contribution in [0.1, 0.15) is 77.0 Å². The predicted octanol–water partition coefficient (Wildman–Crippen LogP) is 3.81. The molecule has 0 aromatic rings. The zero-order valence-corrected chi connectivity index (χ0v) is 15.4. The van der Waals surface area contributed by atoms with Crippen molar-refractivity contribution in [2.75, 3.05) is 0 Å². The molecule has 25 heavy (non-hydrogen) atoms. The summed E-state index contributed by atoms with van der Waals surface area (Å²) in [4.78, 5) is 13.2. The molecular formula is C21H33N3O. The lowest BCUT2D eigenvalue weighted by Gasteiger charge is -2.60. The number of urea groups is 1. The number of carbonyl (C=O) groups is 1. The van der Waals surface area contributed by atoms with Crippen molar-refractivity contribution in [2.45, 2.75) is 88.1 Å². The van der Waals surface area contributed by atoms with Crippen LogP contribution in [-0.4, -0.2) is 22.1 Å². The molecule has 8 aliphatic rings. The summed E-state index contributed by atoms with van der Waals surface area (Å²) in [6, 6.07) is 0.0453. The summed E-state index contributed by atoms with van der Waals surface area (Å²) in [6.45, 7) is 0. The molecule has 0 spiro atoms. The van der Waals surface area contributed by atoms with Gasteiger partial charge in [0.15, 0.2) is 0 Å². The third-order valence-electron chi connectivity index (χ3n) is 9.15. The van der Waals surface area contributed by atoms with Gasteiger partial charge in [-0.2, -0.15) is 0 Å². The minimum absolute atomic E-state index is 0.0267. The van der Waals surface area contributed by atoms with Gasteiger partial charge in [0.05, 0.1) is 5.54 Å². The normalized spacial score (nSPS) is 54.8. The van der Waals surface area contributed by atoms with Crippen molar-refractivity contribution in [3.8, 4) is 0 Å². The number of nitrogens with one attached hydrogen (secondary N) is 1. The van der Waals surface area contributed by atoms with Crippen molar-refractivity contribution in [1.29, 1.82) is 0 Å². The summed E-state index contributed by atoms with van der Waals surface area (Å²) >= 11 is 0. The van der Waals surface area contributed by atoms with Crippen LogP contribution in [0.15, 0.2) is 0 Å². The quantitative estimate of drug-likeness (QED) is 0.455. The van der Waals surface area contributed by atoms with E-state index in [9.17, 15) is 4.79 Å². The van der Waals surface area contributed by atoms with Crippen LogP contribution in [0.5, 0.6) is 0 Å². The van der Waals surface area contributed by atoms with E-state index in [1.54, 1.807) is 5.01 Å². The van der Waals surface area contributed by atoms with Crippen LogP contribution >= 0.6 is 0 Å². The maximum Gasteiger partial charge on any atom is 0.332 e. The van der Waals surface area contributed by atoms with Gasteiger partial charge in [-0.15, -0.1) is 0 Å². The van der Waals surface area contributed by atoms with E-state index in [2.05, 4.69) is 5.32 Å². The monoisotopic (exact) mass is 343 g/mol. The highest BCUT2D eigenvalue weighted by molar-refractivity contribution is 5.75. The lowest BCUT2D eigenvalue weighted by atomic mass is 9.52. The third-order valence-corrected chi connectivity index (χ3v) is 9.15. The molecule has 0 radical (unpaired) electrons. The second kappa shape index (κ2) is 4.94. The maximum absolute atomic E-state index is 13.2. The molecular weight excluding hydrogens is 310 g/mol. The summed E-state index contributed by atoms with van der Waals surface area (Å²) in [6.07, 6.45) is 15.5. The van der Waals surface area contributed by atoms with Crippen molar-refractivity contribution in [3.63, 3.8) is 0 Å². The second-order valence-corrected chi connectivity index (χ2v) is 11.1. The van der Waals surface area contributed by atoms with Crippen LogP contribution in [-0.2, 0) is 0 Å². The number of hydrogen-bond acceptors (Lipinski definition) is 2. The van der Waals surface area contributed by atoms with Gasteiger partial charge >= 0.3 is 6.03 Å². The highest BCUT2D eigenvalue weighted by Crippen LogP contribution is 2.58. The molecule has 0 aliphatic heterocycles. The number of hydrogen-bond donors (Lipinski definition) is 2. The van der Waals surface area contributed by atoms with Crippen molar-refractivity contribution in [3.05, 3.63) is 0 Å². The molecule has 8 fully saturated rings. The minimum Gasteiger partial charge on any atom is -0.331 e. The zero-order chi connectivity index (χ0) is 16.8. The number of rotatable bonds is 2. The molecule has 8 aliphatic carbocycles.